The van der Waals surface area contributed by atoms with Gasteiger partial charge in [0.1, 0.15) is 11.5 Å². The number of thiazole rings is 1. The number of rotatable bonds is 5. The lowest BCUT2D eigenvalue weighted by Gasteiger charge is -2.07. The summed E-state index contributed by atoms with van der Waals surface area (Å²) in [5.74, 6) is -0.0513. The molecule has 1 amide bonds. The zero-order chi connectivity index (χ0) is 17.1. The Morgan fingerprint density at radius 3 is 2.61 bits per heavy atom. The highest BCUT2D eigenvalue weighted by Gasteiger charge is 2.14. The Balaban J connectivity index is 2.01. The summed E-state index contributed by atoms with van der Waals surface area (Å²) in [4.78, 5) is 38.7. The fourth-order valence-corrected chi connectivity index (χ4v) is 2.94. The van der Waals surface area contributed by atoms with Crippen molar-refractivity contribution >= 4 is 28.7 Å². The van der Waals surface area contributed by atoms with E-state index < -0.39 is 4.92 Å². The van der Waals surface area contributed by atoms with Gasteiger partial charge in [-0.05, 0) is 26.8 Å². The number of carbonyl (C=O) groups excluding carboxylic acids is 1. The Labute approximate surface area is 135 Å². The lowest BCUT2D eigenvalue weighted by Crippen LogP contribution is -2.20. The van der Waals surface area contributed by atoms with Crippen LogP contribution in [0.1, 0.15) is 22.7 Å². The number of amides is 1. The van der Waals surface area contributed by atoms with Crippen molar-refractivity contribution in [3.05, 3.63) is 48.2 Å². The smallest absolute Gasteiger partial charge is 0.307 e. The first-order chi connectivity index (χ1) is 10.8. The quantitative estimate of drug-likeness (QED) is 0.665. The van der Waals surface area contributed by atoms with E-state index in [4.69, 9.17) is 0 Å². The number of nitrogens with zero attached hydrogens (tertiary/aromatic N) is 3. The highest BCUT2D eigenvalue weighted by Crippen LogP contribution is 2.18. The normalized spacial score (nSPS) is 10.6. The van der Waals surface area contributed by atoms with E-state index in [-0.39, 0.29) is 40.9 Å². The van der Waals surface area contributed by atoms with Crippen LogP contribution in [0.25, 0.3) is 0 Å². The lowest BCUT2D eigenvalue weighted by atomic mass is 10.3. The average Bonchev–Trinajstić information content (AvgIpc) is 2.70. The third kappa shape index (κ3) is 3.81. The third-order valence-corrected chi connectivity index (χ3v) is 4.46. The van der Waals surface area contributed by atoms with Crippen molar-refractivity contribution < 1.29 is 9.72 Å². The number of aromatic nitrogens is 2. The molecule has 2 aromatic rings. The molecule has 8 nitrogen and oxygen atoms in total. The molecule has 0 saturated heterocycles. The molecule has 0 bridgehead atoms. The molecule has 0 fully saturated rings. The largest absolute Gasteiger partial charge is 0.311 e. The second-order valence-corrected chi connectivity index (χ2v) is 6.18. The van der Waals surface area contributed by atoms with Crippen molar-refractivity contribution in [3.63, 3.8) is 0 Å². The zero-order valence-corrected chi connectivity index (χ0v) is 13.8. The van der Waals surface area contributed by atoms with Crippen LogP contribution < -0.4 is 10.2 Å². The van der Waals surface area contributed by atoms with Crippen LogP contribution in [0.15, 0.2) is 16.9 Å². The van der Waals surface area contributed by atoms with Crippen LogP contribution in [0, 0.1) is 30.9 Å². The Kier molecular flexibility index (Phi) is 4.89. The van der Waals surface area contributed by atoms with Crippen LogP contribution in [0.3, 0.4) is 0 Å². The molecule has 1 N–H and O–H groups in total. The number of nitro groups is 1. The van der Waals surface area contributed by atoms with Gasteiger partial charge < -0.3 is 9.88 Å². The highest BCUT2D eigenvalue weighted by molar-refractivity contribution is 7.09. The van der Waals surface area contributed by atoms with Crippen molar-refractivity contribution in [2.75, 3.05) is 5.32 Å². The number of pyridine rings is 1. The first-order valence-electron chi connectivity index (χ1n) is 6.88. The zero-order valence-electron chi connectivity index (χ0n) is 13.0. The molecule has 0 unspecified atom stereocenters. The highest BCUT2D eigenvalue weighted by atomic mass is 32.1. The van der Waals surface area contributed by atoms with Gasteiger partial charge in [-0.15, -0.1) is 0 Å². The minimum absolute atomic E-state index is 0.0860. The summed E-state index contributed by atoms with van der Waals surface area (Å²) in [6, 6.07) is 2.68. The van der Waals surface area contributed by atoms with Gasteiger partial charge in [-0.2, -0.15) is 0 Å². The Morgan fingerprint density at radius 1 is 1.39 bits per heavy atom. The van der Waals surface area contributed by atoms with E-state index in [1.165, 1.54) is 19.1 Å². The molecule has 23 heavy (non-hydrogen) atoms. The summed E-state index contributed by atoms with van der Waals surface area (Å²) < 4.78 is 1.56. The first-order valence-corrected chi connectivity index (χ1v) is 7.70. The topological polar surface area (TPSA) is 107 Å². The van der Waals surface area contributed by atoms with E-state index in [0.29, 0.717) is 0 Å². The van der Waals surface area contributed by atoms with Gasteiger partial charge >= 0.3 is 4.87 Å². The van der Waals surface area contributed by atoms with Crippen LogP contribution in [0.4, 0.5) is 11.5 Å². The molecule has 122 valence electrons. The lowest BCUT2D eigenvalue weighted by molar-refractivity contribution is -0.385. The molecule has 0 aliphatic carbocycles. The third-order valence-electron chi connectivity index (χ3n) is 3.46. The Morgan fingerprint density at radius 2 is 2.09 bits per heavy atom. The predicted molar refractivity (Wildman–Crippen MR) is 86.9 cm³/mol. The van der Waals surface area contributed by atoms with Crippen molar-refractivity contribution in [1.29, 1.82) is 0 Å². The second kappa shape index (κ2) is 6.69. The molecular weight excluding hydrogens is 320 g/mol. The molecule has 0 spiro atoms. The molecule has 0 saturated carbocycles. The van der Waals surface area contributed by atoms with E-state index >= 15 is 0 Å². The fraction of sp³-hybridized carbons (Fsp3) is 0.357. The maximum absolute atomic E-state index is 11.9. The van der Waals surface area contributed by atoms with Gasteiger partial charge in [0.2, 0.25) is 5.91 Å². The van der Waals surface area contributed by atoms with Crippen molar-refractivity contribution in [2.24, 2.45) is 0 Å². The SMILES string of the molecule is Cc1nc(NC(=O)CCn2c(C)c(C)sc2=O)ccc1[N+](=O)[O-]. The molecule has 0 aromatic carbocycles. The summed E-state index contributed by atoms with van der Waals surface area (Å²) >= 11 is 1.16. The Bertz CT molecular complexity index is 825. The molecule has 0 atom stereocenters. The van der Waals surface area contributed by atoms with Gasteiger partial charge in [0.05, 0.1) is 4.92 Å². The summed E-state index contributed by atoms with van der Waals surface area (Å²) in [7, 11) is 0. The minimum atomic E-state index is -0.526. The standard InChI is InChI=1S/C14H16N4O4S/c1-8-11(18(21)22)4-5-12(15-8)16-13(19)6-7-17-9(2)10(3)23-14(17)20/h4-5H,6-7H2,1-3H3,(H,15,16,19). The predicted octanol–water partition coefficient (Wildman–Crippen LogP) is 2.17. The fourth-order valence-electron chi connectivity index (χ4n) is 2.08. The van der Waals surface area contributed by atoms with Crippen LogP contribution in [-0.2, 0) is 11.3 Å². The van der Waals surface area contributed by atoms with Gasteiger partial charge in [-0.3, -0.25) is 19.7 Å². The van der Waals surface area contributed by atoms with Gasteiger partial charge in [-0.1, -0.05) is 11.3 Å². The van der Waals surface area contributed by atoms with E-state index in [2.05, 4.69) is 10.3 Å². The summed E-state index contributed by atoms with van der Waals surface area (Å²) in [6.45, 7) is 5.49. The number of anilines is 1. The van der Waals surface area contributed by atoms with Crippen LogP contribution in [0.5, 0.6) is 0 Å². The summed E-state index contributed by atoms with van der Waals surface area (Å²) in [5.41, 5.74) is 0.990. The van der Waals surface area contributed by atoms with Crippen LogP contribution >= 0.6 is 11.3 Å². The van der Waals surface area contributed by atoms with E-state index in [9.17, 15) is 19.7 Å². The average molecular weight is 336 g/mol. The van der Waals surface area contributed by atoms with E-state index in [0.717, 1.165) is 21.9 Å². The minimum Gasteiger partial charge on any atom is -0.311 e. The number of aryl methyl sites for hydroxylation is 2. The molecular formula is C14H16N4O4S. The van der Waals surface area contributed by atoms with Crippen LogP contribution in [-0.4, -0.2) is 20.4 Å². The van der Waals surface area contributed by atoms with Gasteiger partial charge in [0, 0.05) is 29.6 Å². The monoisotopic (exact) mass is 336 g/mol. The van der Waals surface area contributed by atoms with E-state index in [1.54, 1.807) is 4.57 Å². The molecule has 2 aromatic heterocycles. The van der Waals surface area contributed by atoms with E-state index in [1.807, 2.05) is 13.8 Å². The first kappa shape index (κ1) is 16.8. The molecule has 9 heteroatoms. The molecule has 0 aliphatic heterocycles. The van der Waals surface area contributed by atoms with Crippen molar-refractivity contribution in [2.45, 2.75) is 33.7 Å². The van der Waals surface area contributed by atoms with Gasteiger partial charge in [0.15, 0.2) is 0 Å². The van der Waals surface area contributed by atoms with Crippen molar-refractivity contribution in [3.8, 4) is 0 Å². The second-order valence-electron chi connectivity index (χ2n) is 5.02. The number of hydrogen-bond donors (Lipinski definition) is 1. The van der Waals surface area contributed by atoms with Gasteiger partial charge in [-0.25, -0.2) is 4.98 Å². The maximum atomic E-state index is 11.9. The summed E-state index contributed by atoms with van der Waals surface area (Å²) in [6.07, 6.45) is 0.120. The van der Waals surface area contributed by atoms with Crippen molar-refractivity contribution in [1.82, 2.24) is 9.55 Å². The summed E-state index contributed by atoms with van der Waals surface area (Å²) in [5, 5.41) is 13.3. The van der Waals surface area contributed by atoms with Gasteiger partial charge in [0.25, 0.3) is 5.69 Å². The molecule has 2 rings (SSSR count). The molecule has 0 radical (unpaired) electrons. The number of nitrogens with one attached hydrogen (secondary N) is 1. The van der Waals surface area contributed by atoms with Crippen LogP contribution in [0.2, 0.25) is 0 Å². The molecule has 0 aliphatic rings. The Hall–Kier alpha value is -2.55. The maximum Gasteiger partial charge on any atom is 0.307 e. The number of hydrogen-bond acceptors (Lipinski definition) is 6. The molecule has 2 heterocycles. The number of carbonyl (C=O) groups is 1.